The summed E-state index contributed by atoms with van der Waals surface area (Å²) in [6.07, 6.45) is 2.33. The fraction of sp³-hybridized carbons (Fsp3) is 0.500. The van der Waals surface area contributed by atoms with E-state index in [0.29, 0.717) is 19.0 Å². The molecule has 126 valence electrons. The molecule has 2 aromatic rings. The van der Waals surface area contributed by atoms with E-state index in [0.717, 1.165) is 42.9 Å². The Hall–Kier alpha value is -1.51. The summed E-state index contributed by atoms with van der Waals surface area (Å²) in [5, 5.41) is 0. The van der Waals surface area contributed by atoms with Crippen LogP contribution in [0.3, 0.4) is 0 Å². The number of guanidine groups is 1. The molecule has 1 saturated heterocycles. The van der Waals surface area contributed by atoms with Gasteiger partial charge in [-0.05, 0) is 30.9 Å². The molecule has 3 N–H and O–H groups in total. The van der Waals surface area contributed by atoms with Crippen LogP contribution in [0, 0.1) is 5.92 Å². The Morgan fingerprint density at radius 2 is 2.04 bits per heavy atom. The summed E-state index contributed by atoms with van der Waals surface area (Å²) in [6, 6.07) is 7.68. The molecule has 23 heavy (non-hydrogen) atoms. The van der Waals surface area contributed by atoms with E-state index in [-0.39, 0.29) is 29.7 Å². The molecule has 7 heteroatoms. The zero-order valence-electron chi connectivity index (χ0n) is 13.4. The molecule has 0 amide bonds. The first-order valence-electron chi connectivity index (χ1n) is 7.87. The number of nitrogens with zero attached hydrogens (tertiary/aromatic N) is 3. The molecular weight excluding hydrogens is 405 g/mol. The number of rotatable bonds is 3. The smallest absolute Gasteiger partial charge is 0.326 e. The van der Waals surface area contributed by atoms with Gasteiger partial charge in [-0.1, -0.05) is 19.1 Å². The molecule has 0 radical (unpaired) electrons. The van der Waals surface area contributed by atoms with Gasteiger partial charge in [-0.15, -0.1) is 24.0 Å². The molecule has 1 fully saturated rings. The standard InChI is InChI=1S/C16H23N5O.HI/c1-12-6-9-20(10-7-12)15(17)18-8-11-21-14-5-3-2-4-13(14)19-16(21)22;/h2-5,12H,6-11H2,1H3,(H2,17,18)(H,19,22);1H. The van der Waals surface area contributed by atoms with Gasteiger partial charge in [0.1, 0.15) is 0 Å². The highest BCUT2D eigenvalue weighted by molar-refractivity contribution is 14.0. The summed E-state index contributed by atoms with van der Waals surface area (Å²) in [5.74, 6) is 1.37. The van der Waals surface area contributed by atoms with Crippen LogP contribution >= 0.6 is 24.0 Å². The Balaban J connectivity index is 0.00000192. The van der Waals surface area contributed by atoms with Gasteiger partial charge in [0.15, 0.2) is 5.96 Å². The van der Waals surface area contributed by atoms with E-state index in [1.165, 1.54) is 0 Å². The highest BCUT2D eigenvalue weighted by Crippen LogP contribution is 2.15. The molecule has 0 saturated carbocycles. The van der Waals surface area contributed by atoms with Gasteiger partial charge >= 0.3 is 5.69 Å². The van der Waals surface area contributed by atoms with E-state index in [4.69, 9.17) is 5.73 Å². The van der Waals surface area contributed by atoms with Crippen molar-refractivity contribution in [1.82, 2.24) is 14.5 Å². The second-order valence-corrected chi connectivity index (χ2v) is 6.01. The van der Waals surface area contributed by atoms with Gasteiger partial charge in [0.05, 0.1) is 17.6 Å². The number of imidazole rings is 1. The summed E-state index contributed by atoms with van der Waals surface area (Å²) in [5.41, 5.74) is 7.74. The van der Waals surface area contributed by atoms with E-state index in [2.05, 4.69) is 21.8 Å². The lowest BCUT2D eigenvalue weighted by molar-refractivity contribution is 0.277. The van der Waals surface area contributed by atoms with Gasteiger partial charge in [0.25, 0.3) is 0 Å². The van der Waals surface area contributed by atoms with Crippen LogP contribution in [-0.2, 0) is 6.54 Å². The molecule has 2 heterocycles. The van der Waals surface area contributed by atoms with Crippen molar-refractivity contribution in [3.8, 4) is 0 Å². The molecule has 1 aromatic carbocycles. The first kappa shape index (κ1) is 17.8. The maximum atomic E-state index is 12.0. The van der Waals surface area contributed by atoms with Crippen molar-refractivity contribution < 1.29 is 0 Å². The van der Waals surface area contributed by atoms with E-state index in [1.54, 1.807) is 4.57 Å². The van der Waals surface area contributed by atoms with Gasteiger partial charge < -0.3 is 15.6 Å². The van der Waals surface area contributed by atoms with Crippen LogP contribution in [0.4, 0.5) is 0 Å². The number of para-hydroxylation sites is 2. The van der Waals surface area contributed by atoms with Gasteiger partial charge in [-0.3, -0.25) is 9.56 Å². The number of H-pyrrole nitrogens is 1. The molecule has 6 nitrogen and oxygen atoms in total. The Labute approximate surface area is 152 Å². The van der Waals surface area contributed by atoms with Crippen molar-refractivity contribution in [2.75, 3.05) is 19.6 Å². The normalized spacial score (nSPS) is 16.6. The van der Waals surface area contributed by atoms with Gasteiger partial charge in [-0.2, -0.15) is 0 Å². The lowest BCUT2D eigenvalue weighted by atomic mass is 10.00. The Kier molecular flexibility index (Phi) is 6.09. The van der Waals surface area contributed by atoms with Crippen molar-refractivity contribution in [3.63, 3.8) is 0 Å². The monoisotopic (exact) mass is 429 g/mol. The first-order valence-corrected chi connectivity index (χ1v) is 7.87. The molecule has 1 aliphatic heterocycles. The minimum atomic E-state index is -0.0956. The highest BCUT2D eigenvalue weighted by atomic mass is 127. The molecule has 0 spiro atoms. The number of aliphatic imine (C=N–C) groups is 1. The lowest BCUT2D eigenvalue weighted by Crippen LogP contribution is -2.42. The van der Waals surface area contributed by atoms with Crippen LogP contribution in [0.25, 0.3) is 11.0 Å². The zero-order valence-corrected chi connectivity index (χ0v) is 15.7. The maximum absolute atomic E-state index is 12.0. The molecule has 1 aliphatic rings. The molecule has 3 rings (SSSR count). The first-order chi connectivity index (χ1) is 10.6. The van der Waals surface area contributed by atoms with Crippen LogP contribution in [0.5, 0.6) is 0 Å². The third-order valence-corrected chi connectivity index (χ3v) is 4.39. The van der Waals surface area contributed by atoms with Crippen LogP contribution in [0.15, 0.2) is 34.1 Å². The number of hydrogen-bond acceptors (Lipinski definition) is 2. The average molecular weight is 429 g/mol. The maximum Gasteiger partial charge on any atom is 0.326 e. The summed E-state index contributed by atoms with van der Waals surface area (Å²) in [4.78, 5) is 21.4. The Morgan fingerprint density at radius 3 is 2.78 bits per heavy atom. The summed E-state index contributed by atoms with van der Waals surface area (Å²) >= 11 is 0. The highest BCUT2D eigenvalue weighted by Gasteiger charge is 2.16. The number of aromatic amines is 1. The minimum absolute atomic E-state index is 0. The van der Waals surface area contributed by atoms with E-state index < -0.39 is 0 Å². The third kappa shape index (κ3) is 4.07. The second-order valence-electron chi connectivity index (χ2n) is 6.01. The minimum Gasteiger partial charge on any atom is -0.370 e. The van der Waals surface area contributed by atoms with Crippen molar-refractivity contribution >= 4 is 41.0 Å². The van der Waals surface area contributed by atoms with E-state index in [9.17, 15) is 4.79 Å². The number of halogens is 1. The zero-order chi connectivity index (χ0) is 15.5. The van der Waals surface area contributed by atoms with Crippen molar-refractivity contribution in [2.45, 2.75) is 26.3 Å². The molecule has 0 atom stereocenters. The largest absolute Gasteiger partial charge is 0.370 e. The van der Waals surface area contributed by atoms with E-state index >= 15 is 0 Å². The van der Waals surface area contributed by atoms with Gasteiger partial charge in [-0.25, -0.2) is 4.79 Å². The third-order valence-electron chi connectivity index (χ3n) is 4.39. The summed E-state index contributed by atoms with van der Waals surface area (Å²) in [6.45, 7) is 5.27. The van der Waals surface area contributed by atoms with Crippen LogP contribution in [0.1, 0.15) is 19.8 Å². The Bertz CT molecular complexity index is 727. The Morgan fingerprint density at radius 1 is 1.35 bits per heavy atom. The van der Waals surface area contributed by atoms with Crippen molar-refractivity contribution in [1.29, 1.82) is 0 Å². The van der Waals surface area contributed by atoms with Crippen LogP contribution in [-0.4, -0.2) is 40.0 Å². The second kappa shape index (κ2) is 7.85. The number of nitrogens with one attached hydrogen (secondary N) is 1. The number of nitrogens with two attached hydrogens (primary N) is 1. The summed E-state index contributed by atoms with van der Waals surface area (Å²) < 4.78 is 1.71. The van der Waals surface area contributed by atoms with Crippen LogP contribution in [0.2, 0.25) is 0 Å². The molecule has 0 aliphatic carbocycles. The topological polar surface area (TPSA) is 79.4 Å². The molecule has 0 unspecified atom stereocenters. The van der Waals surface area contributed by atoms with E-state index in [1.807, 2.05) is 24.3 Å². The predicted molar refractivity (Wildman–Crippen MR) is 104 cm³/mol. The fourth-order valence-electron chi connectivity index (χ4n) is 2.93. The van der Waals surface area contributed by atoms with Gasteiger partial charge in [0, 0.05) is 19.6 Å². The number of likely N-dealkylation sites (tertiary alicyclic amines) is 1. The van der Waals surface area contributed by atoms with Crippen molar-refractivity contribution in [2.24, 2.45) is 16.6 Å². The lowest BCUT2D eigenvalue weighted by Gasteiger charge is -2.31. The van der Waals surface area contributed by atoms with Gasteiger partial charge in [0.2, 0.25) is 0 Å². The fourth-order valence-corrected chi connectivity index (χ4v) is 2.93. The molecule has 1 aromatic heterocycles. The predicted octanol–water partition coefficient (Wildman–Crippen LogP) is 1.99. The number of benzene rings is 1. The number of piperidine rings is 1. The number of fused-ring (bicyclic) bond motifs is 1. The van der Waals surface area contributed by atoms with Crippen LogP contribution < -0.4 is 11.4 Å². The van der Waals surface area contributed by atoms with Crippen molar-refractivity contribution in [3.05, 3.63) is 34.7 Å². The quantitative estimate of drug-likeness (QED) is 0.445. The number of hydrogen-bond donors (Lipinski definition) is 2. The molecule has 0 bridgehead atoms. The average Bonchev–Trinajstić information content (AvgIpc) is 2.84. The summed E-state index contributed by atoms with van der Waals surface area (Å²) in [7, 11) is 0. The number of aromatic nitrogens is 2. The SMILES string of the molecule is CC1CCN(C(N)=NCCn2c(=O)[nH]c3ccccc32)CC1.I. The molecular formula is C16H24IN5O.